The smallest absolute Gasteiger partial charge is 0.225 e. The largest absolute Gasteiger partial charge is 0.378 e. The molecule has 4 nitrogen and oxygen atoms in total. The van der Waals surface area contributed by atoms with Gasteiger partial charge in [0.15, 0.2) is 0 Å². The summed E-state index contributed by atoms with van der Waals surface area (Å²) in [5.74, 6) is 0.849. The molecule has 0 aliphatic carbocycles. The van der Waals surface area contributed by atoms with E-state index in [9.17, 15) is 4.79 Å². The molecule has 92 valence electrons. The second kappa shape index (κ2) is 5.64. The first-order valence-corrected chi connectivity index (χ1v) is 6.37. The standard InChI is InChI=1S/C12H22N2O2/c1-9-11(4-6-16-9)12(15)14-8-10-3-2-5-13-7-10/h9-11,13H,2-8H2,1H3,(H,14,15). The maximum Gasteiger partial charge on any atom is 0.225 e. The lowest BCUT2D eigenvalue weighted by Gasteiger charge is -2.24. The summed E-state index contributed by atoms with van der Waals surface area (Å²) in [4.78, 5) is 11.9. The van der Waals surface area contributed by atoms with E-state index in [2.05, 4.69) is 10.6 Å². The Hall–Kier alpha value is -0.610. The minimum Gasteiger partial charge on any atom is -0.378 e. The Morgan fingerprint density at radius 2 is 2.38 bits per heavy atom. The molecular formula is C12H22N2O2. The number of ether oxygens (including phenoxy) is 1. The second-order valence-electron chi connectivity index (χ2n) is 4.93. The summed E-state index contributed by atoms with van der Waals surface area (Å²) in [5, 5.41) is 6.43. The van der Waals surface area contributed by atoms with Crippen LogP contribution in [-0.4, -0.2) is 38.3 Å². The summed E-state index contributed by atoms with van der Waals surface area (Å²) in [5.41, 5.74) is 0. The fourth-order valence-electron chi connectivity index (χ4n) is 2.55. The van der Waals surface area contributed by atoms with E-state index >= 15 is 0 Å². The van der Waals surface area contributed by atoms with E-state index in [-0.39, 0.29) is 17.9 Å². The molecule has 2 rings (SSSR count). The molecule has 3 unspecified atom stereocenters. The number of carbonyl (C=O) groups excluding carboxylic acids is 1. The lowest BCUT2D eigenvalue weighted by Crippen LogP contribution is -2.41. The monoisotopic (exact) mass is 226 g/mol. The Morgan fingerprint density at radius 1 is 1.50 bits per heavy atom. The number of rotatable bonds is 3. The highest BCUT2D eigenvalue weighted by molar-refractivity contribution is 5.79. The van der Waals surface area contributed by atoms with Crippen molar-refractivity contribution >= 4 is 5.91 Å². The van der Waals surface area contributed by atoms with Crippen LogP contribution >= 0.6 is 0 Å². The van der Waals surface area contributed by atoms with Crippen LogP contribution in [-0.2, 0) is 9.53 Å². The normalized spacial score (nSPS) is 34.9. The van der Waals surface area contributed by atoms with Crippen LogP contribution in [0.5, 0.6) is 0 Å². The molecule has 0 aromatic heterocycles. The molecule has 0 bridgehead atoms. The van der Waals surface area contributed by atoms with E-state index in [1.807, 2.05) is 6.92 Å². The van der Waals surface area contributed by atoms with E-state index in [1.165, 1.54) is 12.8 Å². The van der Waals surface area contributed by atoms with E-state index < -0.39 is 0 Å². The Kier molecular flexibility index (Phi) is 4.18. The maximum atomic E-state index is 11.9. The molecule has 2 aliphatic heterocycles. The Morgan fingerprint density at radius 3 is 3.00 bits per heavy atom. The molecule has 4 heteroatoms. The van der Waals surface area contributed by atoms with Gasteiger partial charge in [-0.3, -0.25) is 4.79 Å². The van der Waals surface area contributed by atoms with E-state index in [1.54, 1.807) is 0 Å². The maximum absolute atomic E-state index is 11.9. The molecule has 2 saturated heterocycles. The van der Waals surface area contributed by atoms with Gasteiger partial charge in [0.25, 0.3) is 0 Å². The highest BCUT2D eigenvalue weighted by Gasteiger charge is 2.30. The van der Waals surface area contributed by atoms with Crippen LogP contribution in [0.15, 0.2) is 0 Å². The van der Waals surface area contributed by atoms with Gasteiger partial charge in [0.05, 0.1) is 12.0 Å². The summed E-state index contributed by atoms with van der Waals surface area (Å²) < 4.78 is 5.41. The second-order valence-corrected chi connectivity index (χ2v) is 4.93. The van der Waals surface area contributed by atoms with Crippen molar-refractivity contribution in [2.24, 2.45) is 11.8 Å². The first-order chi connectivity index (χ1) is 7.77. The number of hydrogen-bond acceptors (Lipinski definition) is 3. The first kappa shape index (κ1) is 11.9. The van der Waals surface area contributed by atoms with Gasteiger partial charge >= 0.3 is 0 Å². The quantitative estimate of drug-likeness (QED) is 0.738. The zero-order valence-electron chi connectivity index (χ0n) is 10.00. The van der Waals surface area contributed by atoms with Crippen molar-refractivity contribution < 1.29 is 9.53 Å². The zero-order chi connectivity index (χ0) is 11.4. The van der Waals surface area contributed by atoms with Crippen molar-refractivity contribution in [2.45, 2.75) is 32.3 Å². The average Bonchev–Trinajstić information content (AvgIpc) is 2.74. The summed E-state index contributed by atoms with van der Waals surface area (Å²) in [7, 11) is 0. The highest BCUT2D eigenvalue weighted by Crippen LogP contribution is 2.20. The highest BCUT2D eigenvalue weighted by atomic mass is 16.5. The lowest BCUT2D eigenvalue weighted by molar-refractivity contribution is -0.126. The number of carbonyl (C=O) groups is 1. The SMILES string of the molecule is CC1OCCC1C(=O)NCC1CCCNC1. The molecule has 0 radical (unpaired) electrons. The number of amides is 1. The molecule has 1 amide bonds. The first-order valence-electron chi connectivity index (χ1n) is 6.37. The van der Waals surface area contributed by atoms with Gasteiger partial charge in [0.1, 0.15) is 0 Å². The minimum atomic E-state index is 0.0662. The number of nitrogens with one attached hydrogen (secondary N) is 2. The van der Waals surface area contributed by atoms with Gasteiger partial charge in [-0.1, -0.05) is 0 Å². The fraction of sp³-hybridized carbons (Fsp3) is 0.917. The van der Waals surface area contributed by atoms with Crippen LogP contribution in [0.2, 0.25) is 0 Å². The van der Waals surface area contributed by atoms with Gasteiger partial charge in [-0.05, 0) is 45.2 Å². The van der Waals surface area contributed by atoms with Crippen LogP contribution in [0.3, 0.4) is 0 Å². The third-order valence-electron chi connectivity index (χ3n) is 3.68. The van der Waals surface area contributed by atoms with Gasteiger partial charge in [-0.2, -0.15) is 0 Å². The molecule has 2 fully saturated rings. The summed E-state index contributed by atoms with van der Waals surface area (Å²) >= 11 is 0. The Bertz CT molecular complexity index is 239. The molecule has 2 aliphatic rings. The zero-order valence-corrected chi connectivity index (χ0v) is 10.00. The Labute approximate surface area is 97.1 Å². The van der Waals surface area contributed by atoms with Gasteiger partial charge in [-0.25, -0.2) is 0 Å². The Balaban J connectivity index is 1.70. The molecule has 2 heterocycles. The van der Waals surface area contributed by atoms with Crippen molar-refractivity contribution in [2.75, 3.05) is 26.2 Å². The van der Waals surface area contributed by atoms with Gasteiger partial charge in [-0.15, -0.1) is 0 Å². The topological polar surface area (TPSA) is 50.4 Å². The van der Waals surface area contributed by atoms with Crippen LogP contribution in [0, 0.1) is 11.8 Å². The van der Waals surface area contributed by atoms with Gasteiger partial charge < -0.3 is 15.4 Å². The summed E-state index contributed by atoms with van der Waals surface area (Å²) in [6.45, 7) is 5.69. The predicted molar refractivity (Wildman–Crippen MR) is 62.1 cm³/mol. The summed E-state index contributed by atoms with van der Waals surface area (Å²) in [6, 6.07) is 0. The van der Waals surface area contributed by atoms with Crippen molar-refractivity contribution in [3.05, 3.63) is 0 Å². The van der Waals surface area contributed by atoms with Crippen LogP contribution in [0.1, 0.15) is 26.2 Å². The van der Waals surface area contributed by atoms with Crippen molar-refractivity contribution in [3.8, 4) is 0 Å². The van der Waals surface area contributed by atoms with Crippen molar-refractivity contribution in [1.29, 1.82) is 0 Å². The van der Waals surface area contributed by atoms with Crippen molar-refractivity contribution in [3.63, 3.8) is 0 Å². The minimum absolute atomic E-state index is 0.0662. The van der Waals surface area contributed by atoms with E-state index in [4.69, 9.17) is 4.74 Å². The summed E-state index contributed by atoms with van der Waals surface area (Å²) in [6.07, 6.45) is 3.41. The number of hydrogen-bond donors (Lipinski definition) is 2. The van der Waals surface area contributed by atoms with E-state index in [0.29, 0.717) is 5.92 Å². The molecule has 0 saturated carbocycles. The van der Waals surface area contributed by atoms with Gasteiger partial charge in [0.2, 0.25) is 5.91 Å². The molecular weight excluding hydrogens is 204 g/mol. The van der Waals surface area contributed by atoms with Crippen LogP contribution < -0.4 is 10.6 Å². The molecule has 2 N–H and O–H groups in total. The average molecular weight is 226 g/mol. The molecule has 16 heavy (non-hydrogen) atoms. The van der Waals surface area contributed by atoms with Crippen LogP contribution in [0.4, 0.5) is 0 Å². The predicted octanol–water partition coefficient (Wildman–Crippen LogP) is 0.527. The molecule has 0 spiro atoms. The molecule has 3 atom stereocenters. The lowest BCUT2D eigenvalue weighted by atomic mass is 9.98. The number of piperidine rings is 1. The molecule has 0 aromatic carbocycles. The van der Waals surface area contributed by atoms with Crippen LogP contribution in [0.25, 0.3) is 0 Å². The third kappa shape index (κ3) is 2.95. The van der Waals surface area contributed by atoms with Gasteiger partial charge in [0, 0.05) is 13.2 Å². The molecule has 0 aromatic rings. The van der Waals surface area contributed by atoms with Crippen molar-refractivity contribution in [1.82, 2.24) is 10.6 Å². The third-order valence-corrected chi connectivity index (χ3v) is 3.68. The fourth-order valence-corrected chi connectivity index (χ4v) is 2.55. The van der Waals surface area contributed by atoms with E-state index in [0.717, 1.165) is 32.7 Å².